The van der Waals surface area contributed by atoms with Gasteiger partial charge < -0.3 is 34.0 Å². The first kappa shape index (κ1) is 41.9. The maximum absolute atomic E-state index is 15.5. The molecule has 8 rings (SSSR count). The SMILES string of the molecule is O=C(c1cc([N+](=O)[O-])ccc1N1CCOCC1)N1CCN(c2cc(C(F)(F)F)ccn2)C(c2cc([N+](=O)[O-])ccc2N2CCOCC2)C1N1CCN(c2ncccc2Cl)CC1. The lowest BCUT2D eigenvalue weighted by atomic mass is 9.93. The first-order valence-corrected chi connectivity index (χ1v) is 20.2. The molecule has 21 heteroatoms. The molecule has 6 heterocycles. The minimum Gasteiger partial charge on any atom is -0.378 e. The average molecular weight is 867 g/mol. The predicted octanol–water partition coefficient (Wildman–Crippen LogP) is 5.49. The van der Waals surface area contributed by atoms with Crippen molar-refractivity contribution < 1.29 is 37.3 Å². The number of pyridine rings is 2. The highest BCUT2D eigenvalue weighted by Gasteiger charge is 2.47. The second kappa shape index (κ2) is 17.6. The number of ether oxygens (including phenoxy) is 2. The molecule has 0 bridgehead atoms. The van der Waals surface area contributed by atoms with Gasteiger partial charge in [-0.1, -0.05) is 11.6 Å². The Labute approximate surface area is 353 Å². The summed E-state index contributed by atoms with van der Waals surface area (Å²) in [6, 6.07) is 12.8. The number of alkyl halides is 3. The Morgan fingerprint density at radius 1 is 0.721 bits per heavy atom. The van der Waals surface area contributed by atoms with Crippen LogP contribution in [0.25, 0.3) is 0 Å². The number of anilines is 4. The van der Waals surface area contributed by atoms with E-state index in [0.29, 0.717) is 107 Å². The van der Waals surface area contributed by atoms with Gasteiger partial charge in [-0.2, -0.15) is 13.2 Å². The summed E-state index contributed by atoms with van der Waals surface area (Å²) >= 11 is 6.56. The summed E-state index contributed by atoms with van der Waals surface area (Å²) in [4.78, 5) is 59.2. The second-order valence-electron chi connectivity index (χ2n) is 14.9. The normalized spacial score (nSPS) is 20.5. The van der Waals surface area contributed by atoms with E-state index in [1.165, 1.54) is 24.3 Å². The minimum atomic E-state index is -4.71. The smallest absolute Gasteiger partial charge is 0.378 e. The van der Waals surface area contributed by atoms with Gasteiger partial charge >= 0.3 is 6.18 Å². The third-order valence-electron chi connectivity index (χ3n) is 11.5. The fourth-order valence-corrected chi connectivity index (χ4v) is 8.85. The number of hydrogen-bond acceptors (Lipinski definition) is 14. The predicted molar refractivity (Wildman–Crippen MR) is 219 cm³/mol. The molecule has 4 aromatic rings. The monoisotopic (exact) mass is 866 g/mol. The zero-order valence-electron chi connectivity index (χ0n) is 32.8. The standard InChI is InChI=1S/C40H42ClF3N10O7/c41-32-2-1-8-46-37(32)49-10-12-50(13-11-49)38-36(30-25-28(53(56)57)3-5-33(30)47-16-20-60-21-17-47)51(35-24-27(7-9-45-35)40(42,43)44)14-15-52(38)39(55)31-26-29(54(58)59)4-6-34(31)48-18-22-61-23-19-48/h1-9,24-26,36,38H,10-23H2. The van der Waals surface area contributed by atoms with Crippen LogP contribution in [0.15, 0.2) is 73.1 Å². The van der Waals surface area contributed by atoms with Crippen LogP contribution in [-0.4, -0.2) is 134 Å². The summed E-state index contributed by atoms with van der Waals surface area (Å²) in [5, 5.41) is 25.1. The van der Waals surface area contributed by atoms with Gasteiger partial charge in [0.1, 0.15) is 17.8 Å². The van der Waals surface area contributed by atoms with Crippen molar-refractivity contribution in [2.24, 2.45) is 0 Å². The number of amides is 1. The minimum absolute atomic E-state index is 0.0420. The third kappa shape index (κ3) is 8.70. The highest BCUT2D eigenvalue weighted by atomic mass is 35.5. The van der Waals surface area contributed by atoms with E-state index in [2.05, 4.69) is 9.97 Å². The molecule has 2 atom stereocenters. The second-order valence-corrected chi connectivity index (χ2v) is 15.3. The van der Waals surface area contributed by atoms with Crippen molar-refractivity contribution in [3.05, 3.63) is 115 Å². The third-order valence-corrected chi connectivity index (χ3v) is 11.8. The van der Waals surface area contributed by atoms with Crippen LogP contribution >= 0.6 is 11.6 Å². The number of nitro benzene ring substituents is 2. The van der Waals surface area contributed by atoms with E-state index in [1.807, 2.05) is 19.6 Å². The molecule has 2 aromatic heterocycles. The van der Waals surface area contributed by atoms with E-state index in [4.69, 9.17) is 21.1 Å². The van der Waals surface area contributed by atoms with E-state index in [1.54, 1.807) is 40.3 Å². The van der Waals surface area contributed by atoms with E-state index in [9.17, 15) is 33.4 Å². The number of non-ortho nitro benzene ring substituents is 2. The molecule has 0 saturated carbocycles. The molecule has 17 nitrogen and oxygen atoms in total. The number of aromatic nitrogens is 2. The number of nitrogens with zero attached hydrogens (tertiary/aromatic N) is 10. The Balaban J connectivity index is 1.32. The zero-order chi connectivity index (χ0) is 42.8. The molecule has 2 aromatic carbocycles. The van der Waals surface area contributed by atoms with Crippen molar-refractivity contribution in [3.63, 3.8) is 0 Å². The summed E-state index contributed by atoms with van der Waals surface area (Å²) in [7, 11) is 0. The van der Waals surface area contributed by atoms with Gasteiger partial charge in [0.15, 0.2) is 0 Å². The summed E-state index contributed by atoms with van der Waals surface area (Å²) in [6.45, 7) is 4.45. The Kier molecular flexibility index (Phi) is 12.1. The molecular formula is C40H42ClF3N10O7. The Bertz CT molecular complexity index is 2270. The number of benzene rings is 2. The molecule has 0 aliphatic carbocycles. The number of carbonyl (C=O) groups is 1. The maximum atomic E-state index is 15.5. The fraction of sp³-hybridized carbons (Fsp3) is 0.425. The molecule has 4 aliphatic rings. The number of morpholine rings is 2. The molecule has 0 radical (unpaired) electrons. The van der Waals surface area contributed by atoms with Gasteiger partial charge in [0.25, 0.3) is 17.3 Å². The highest BCUT2D eigenvalue weighted by molar-refractivity contribution is 6.32. The van der Waals surface area contributed by atoms with E-state index in [0.717, 1.165) is 18.3 Å². The summed E-state index contributed by atoms with van der Waals surface area (Å²) in [5.41, 5.74) is 0.0145. The number of hydrogen-bond donors (Lipinski definition) is 0. The van der Waals surface area contributed by atoms with Crippen LogP contribution in [0.5, 0.6) is 0 Å². The number of halogens is 4. The fourth-order valence-electron chi connectivity index (χ4n) is 8.61. The molecule has 4 aliphatic heterocycles. The van der Waals surface area contributed by atoms with Crippen molar-refractivity contribution >= 4 is 51.9 Å². The van der Waals surface area contributed by atoms with Crippen LogP contribution < -0.4 is 19.6 Å². The zero-order valence-corrected chi connectivity index (χ0v) is 33.6. The van der Waals surface area contributed by atoms with Crippen molar-refractivity contribution in [2.75, 3.05) is 111 Å². The van der Waals surface area contributed by atoms with Crippen molar-refractivity contribution in [1.82, 2.24) is 19.8 Å². The average Bonchev–Trinajstić information content (AvgIpc) is 3.28. The first-order valence-electron chi connectivity index (χ1n) is 19.8. The summed E-state index contributed by atoms with van der Waals surface area (Å²) in [6.07, 6.45) is -3.01. The molecule has 0 spiro atoms. The number of piperazine rings is 2. The molecular weight excluding hydrogens is 825 g/mol. The van der Waals surface area contributed by atoms with Crippen LogP contribution in [0.1, 0.15) is 27.5 Å². The molecule has 322 valence electrons. The van der Waals surface area contributed by atoms with Gasteiger partial charge in [0.05, 0.1) is 64.2 Å². The van der Waals surface area contributed by atoms with Gasteiger partial charge in [-0.25, -0.2) is 9.97 Å². The van der Waals surface area contributed by atoms with Gasteiger partial charge in [-0.15, -0.1) is 0 Å². The lowest BCUT2D eigenvalue weighted by Gasteiger charge is -2.54. The van der Waals surface area contributed by atoms with E-state index in [-0.39, 0.29) is 35.8 Å². The highest BCUT2D eigenvalue weighted by Crippen LogP contribution is 2.44. The molecule has 61 heavy (non-hydrogen) atoms. The quantitative estimate of drug-likeness (QED) is 0.153. The summed E-state index contributed by atoms with van der Waals surface area (Å²) < 4.78 is 54.2. The van der Waals surface area contributed by atoms with E-state index >= 15 is 4.79 Å². The molecule has 0 N–H and O–H groups in total. The van der Waals surface area contributed by atoms with Gasteiger partial charge in [-0.3, -0.25) is 29.9 Å². The Morgan fingerprint density at radius 2 is 1.34 bits per heavy atom. The van der Waals surface area contributed by atoms with Crippen molar-refractivity contribution in [2.45, 2.75) is 18.4 Å². The largest absolute Gasteiger partial charge is 0.416 e. The lowest BCUT2D eigenvalue weighted by Crippen LogP contribution is -2.66. The Hall–Kier alpha value is -5.83. The number of carbonyl (C=O) groups excluding carboxylic acids is 1. The van der Waals surface area contributed by atoms with Gasteiger partial charge in [-0.05, 0) is 36.4 Å². The molecule has 1 amide bonds. The first-order chi connectivity index (χ1) is 29.4. The molecule has 4 saturated heterocycles. The number of rotatable bonds is 9. The van der Waals surface area contributed by atoms with Crippen LogP contribution in [0.2, 0.25) is 5.02 Å². The maximum Gasteiger partial charge on any atom is 0.416 e. The topological polar surface area (TPSA) is 167 Å². The van der Waals surface area contributed by atoms with Crippen molar-refractivity contribution in [3.8, 4) is 0 Å². The van der Waals surface area contributed by atoms with Crippen LogP contribution in [0, 0.1) is 20.2 Å². The van der Waals surface area contributed by atoms with E-state index < -0.39 is 39.7 Å². The lowest BCUT2D eigenvalue weighted by molar-refractivity contribution is -0.385. The van der Waals surface area contributed by atoms with Crippen molar-refractivity contribution in [1.29, 1.82) is 0 Å². The Morgan fingerprint density at radius 3 is 1.97 bits per heavy atom. The van der Waals surface area contributed by atoms with Crippen LogP contribution in [-0.2, 0) is 15.7 Å². The molecule has 4 fully saturated rings. The summed E-state index contributed by atoms with van der Waals surface area (Å²) in [5.74, 6) is -0.0308. The van der Waals surface area contributed by atoms with Crippen LogP contribution in [0.4, 0.5) is 47.6 Å². The van der Waals surface area contributed by atoms with Gasteiger partial charge in [0, 0.05) is 113 Å². The number of nitro groups is 2. The van der Waals surface area contributed by atoms with Crippen LogP contribution in [0.3, 0.4) is 0 Å². The molecule has 2 unspecified atom stereocenters. The van der Waals surface area contributed by atoms with Gasteiger partial charge in [0.2, 0.25) is 0 Å².